The quantitative estimate of drug-likeness (QED) is 0.272. The van der Waals surface area contributed by atoms with E-state index in [4.69, 9.17) is 10.8 Å². The lowest BCUT2D eigenvalue weighted by molar-refractivity contribution is 0.0700. The summed E-state index contributed by atoms with van der Waals surface area (Å²) in [6.45, 7) is 5.21. The minimum atomic E-state index is -0.0391. The summed E-state index contributed by atoms with van der Waals surface area (Å²) in [5.41, 5.74) is 15.6. The topological polar surface area (TPSA) is 101 Å². The zero-order valence-corrected chi connectivity index (χ0v) is 25.4. The zero-order valence-electron chi connectivity index (χ0n) is 25.4. The molecule has 9 heteroatoms. The van der Waals surface area contributed by atoms with E-state index in [0.29, 0.717) is 30.5 Å². The normalized spacial score (nSPS) is 22.7. The second kappa shape index (κ2) is 9.94. The predicted octanol–water partition coefficient (Wildman–Crippen LogP) is 5.43. The van der Waals surface area contributed by atoms with Crippen LogP contribution in [0.3, 0.4) is 0 Å². The average molecular weight is 600 g/mol. The average Bonchev–Trinajstić information content (AvgIpc) is 3.30. The van der Waals surface area contributed by atoms with Crippen LogP contribution in [0.2, 0.25) is 0 Å². The van der Waals surface area contributed by atoms with Gasteiger partial charge in [0.05, 0.1) is 16.8 Å². The number of benzene rings is 2. The van der Waals surface area contributed by atoms with E-state index in [9.17, 15) is 9.59 Å². The lowest BCUT2D eigenvalue weighted by Crippen LogP contribution is -2.41. The number of urea groups is 1. The van der Waals surface area contributed by atoms with Gasteiger partial charge in [0.25, 0.3) is 5.91 Å². The van der Waals surface area contributed by atoms with Gasteiger partial charge < -0.3 is 20.5 Å². The Morgan fingerprint density at radius 2 is 1.80 bits per heavy atom. The van der Waals surface area contributed by atoms with Gasteiger partial charge in [-0.15, -0.1) is 0 Å². The lowest BCUT2D eigenvalue weighted by Gasteiger charge is -2.27. The number of likely N-dealkylation sites (tertiary alicyclic amines) is 1. The molecule has 5 aromatic rings. The summed E-state index contributed by atoms with van der Waals surface area (Å²) in [4.78, 5) is 29.4. The monoisotopic (exact) mass is 599 g/mol. The predicted molar refractivity (Wildman–Crippen MR) is 175 cm³/mol. The van der Waals surface area contributed by atoms with Crippen LogP contribution in [0.1, 0.15) is 41.6 Å². The van der Waals surface area contributed by atoms with E-state index in [0.717, 1.165) is 65.2 Å². The zero-order chi connectivity index (χ0) is 30.4. The van der Waals surface area contributed by atoms with Gasteiger partial charge in [-0.1, -0.05) is 24.3 Å². The van der Waals surface area contributed by atoms with Crippen LogP contribution in [-0.4, -0.2) is 62.7 Å². The first-order chi connectivity index (χ1) is 21.9. The molecule has 4 fully saturated rings. The fourth-order valence-corrected chi connectivity index (χ4v) is 7.93. The van der Waals surface area contributed by atoms with Gasteiger partial charge in [0.15, 0.2) is 0 Å². The molecule has 4 aliphatic rings. The molecule has 3 atom stereocenters. The van der Waals surface area contributed by atoms with Crippen LogP contribution in [0.15, 0.2) is 66.9 Å². The molecule has 45 heavy (non-hydrogen) atoms. The molecule has 9 nitrogen and oxygen atoms in total. The molecule has 2 saturated carbocycles. The van der Waals surface area contributed by atoms with Crippen molar-refractivity contribution in [1.29, 1.82) is 0 Å². The Labute approximate surface area is 261 Å². The van der Waals surface area contributed by atoms with Crippen LogP contribution >= 0.6 is 0 Å². The van der Waals surface area contributed by atoms with E-state index in [-0.39, 0.29) is 24.0 Å². The number of fused-ring (bicyclic) bond motifs is 4. The summed E-state index contributed by atoms with van der Waals surface area (Å²) in [7, 11) is 0. The third kappa shape index (κ3) is 4.28. The smallest absolute Gasteiger partial charge is 0.321 e. The molecule has 2 saturated heterocycles. The summed E-state index contributed by atoms with van der Waals surface area (Å²) in [6.07, 6.45) is 6.52. The van der Waals surface area contributed by atoms with Crippen molar-refractivity contribution in [3.8, 4) is 22.5 Å². The molecule has 2 unspecified atom stereocenters. The van der Waals surface area contributed by atoms with Crippen LogP contribution in [0.5, 0.6) is 0 Å². The van der Waals surface area contributed by atoms with Crippen molar-refractivity contribution >= 4 is 34.0 Å². The van der Waals surface area contributed by atoms with Crippen molar-refractivity contribution in [3.05, 3.63) is 78.0 Å². The first kappa shape index (κ1) is 26.7. The van der Waals surface area contributed by atoms with Crippen LogP contribution in [0.25, 0.3) is 38.9 Å². The van der Waals surface area contributed by atoms with Gasteiger partial charge in [0.1, 0.15) is 5.69 Å². The SMILES string of the molecule is Cc1c(-c2cc3ccc(-c4ccc(N5CCNC5=O)cc4)cc3n2CC2CC2)nn2cc(C(=O)N3CC4CCC3[C@@H]4N)ccc12. The summed E-state index contributed by atoms with van der Waals surface area (Å²) >= 11 is 0. The molecular formula is C36H37N7O2. The second-order valence-electron chi connectivity index (χ2n) is 13.4. The Bertz CT molecular complexity index is 2000. The highest BCUT2D eigenvalue weighted by Crippen LogP contribution is 2.40. The maximum atomic E-state index is 13.5. The third-order valence-electron chi connectivity index (χ3n) is 10.7. The summed E-state index contributed by atoms with van der Waals surface area (Å²) in [5.74, 6) is 1.16. The highest BCUT2D eigenvalue weighted by molar-refractivity contribution is 5.96. The second-order valence-corrected chi connectivity index (χ2v) is 13.4. The largest absolute Gasteiger partial charge is 0.339 e. The number of anilines is 1. The minimum Gasteiger partial charge on any atom is -0.339 e. The highest BCUT2D eigenvalue weighted by atomic mass is 16.2. The Morgan fingerprint density at radius 3 is 2.51 bits per heavy atom. The van der Waals surface area contributed by atoms with E-state index < -0.39 is 0 Å². The van der Waals surface area contributed by atoms with E-state index in [1.807, 2.05) is 39.9 Å². The van der Waals surface area contributed by atoms with E-state index >= 15 is 0 Å². The number of amides is 3. The summed E-state index contributed by atoms with van der Waals surface area (Å²) < 4.78 is 4.33. The number of nitrogens with zero attached hydrogens (tertiary/aromatic N) is 5. The van der Waals surface area contributed by atoms with Gasteiger partial charge in [0.2, 0.25) is 0 Å². The number of nitrogens with two attached hydrogens (primary N) is 1. The molecule has 2 aliphatic heterocycles. The van der Waals surface area contributed by atoms with Gasteiger partial charge in [-0.2, -0.15) is 5.10 Å². The fraction of sp³-hybridized carbons (Fsp3) is 0.361. The molecule has 2 aromatic carbocycles. The van der Waals surface area contributed by atoms with Crippen molar-refractivity contribution in [1.82, 2.24) is 24.4 Å². The maximum Gasteiger partial charge on any atom is 0.321 e. The molecule has 0 spiro atoms. The first-order valence-electron chi connectivity index (χ1n) is 16.3. The fourth-order valence-electron chi connectivity index (χ4n) is 7.93. The summed E-state index contributed by atoms with van der Waals surface area (Å²) in [6, 6.07) is 21.4. The van der Waals surface area contributed by atoms with E-state index in [1.54, 1.807) is 4.90 Å². The van der Waals surface area contributed by atoms with Gasteiger partial charge in [-0.25, -0.2) is 9.31 Å². The van der Waals surface area contributed by atoms with Gasteiger partial charge in [0, 0.05) is 66.6 Å². The molecule has 3 amide bonds. The number of aryl methyl sites for hydroxylation is 1. The highest BCUT2D eigenvalue weighted by Gasteiger charge is 2.46. The van der Waals surface area contributed by atoms with Crippen molar-refractivity contribution < 1.29 is 9.59 Å². The standard InChI is InChI=1S/C36H37N7O2/c1-21-29-12-9-27(35(44)42-19-26-8-13-30(42)33(26)37)20-43(29)39-34(21)32-17-25-5-4-24(16-31(25)41(32)18-22-2-3-22)23-6-10-28(11-7-23)40-15-14-38-36(40)45/h4-7,9-12,16-17,20,22,26,30,33H,2-3,8,13-15,18-19,37H2,1H3,(H,38,45)/t26?,30?,33-/m1/s1. The molecule has 228 valence electrons. The molecule has 9 rings (SSSR count). The number of piperidine rings is 1. The number of rotatable bonds is 6. The van der Waals surface area contributed by atoms with Crippen LogP contribution in [0.4, 0.5) is 10.5 Å². The molecule has 3 aromatic heterocycles. The van der Waals surface area contributed by atoms with Crippen molar-refractivity contribution in [2.75, 3.05) is 24.5 Å². The number of pyridine rings is 1. The van der Waals surface area contributed by atoms with Gasteiger partial charge >= 0.3 is 6.03 Å². The van der Waals surface area contributed by atoms with E-state index in [1.165, 1.54) is 23.7 Å². The van der Waals surface area contributed by atoms with Crippen molar-refractivity contribution in [2.24, 2.45) is 17.6 Å². The number of hydrogen-bond donors (Lipinski definition) is 2. The van der Waals surface area contributed by atoms with Crippen LogP contribution in [-0.2, 0) is 6.54 Å². The minimum absolute atomic E-state index is 0.0391. The maximum absolute atomic E-state index is 13.5. The van der Waals surface area contributed by atoms with Gasteiger partial charge in [-0.3, -0.25) is 9.69 Å². The number of carbonyl (C=O) groups is 2. The Kier molecular flexibility index (Phi) is 5.91. The molecule has 0 radical (unpaired) electrons. The van der Waals surface area contributed by atoms with E-state index in [2.05, 4.69) is 53.2 Å². The third-order valence-corrected chi connectivity index (χ3v) is 10.7. The van der Waals surface area contributed by atoms with Crippen LogP contribution in [0, 0.1) is 18.8 Å². The molecule has 2 bridgehead atoms. The molecule has 5 heterocycles. The first-order valence-corrected chi connectivity index (χ1v) is 16.3. The number of hydrogen-bond acceptors (Lipinski definition) is 4. The number of aromatic nitrogens is 3. The molecule has 3 N–H and O–H groups in total. The molecular weight excluding hydrogens is 562 g/mol. The number of carbonyl (C=O) groups excluding carboxylic acids is 2. The van der Waals surface area contributed by atoms with Crippen molar-refractivity contribution in [2.45, 2.75) is 51.2 Å². The van der Waals surface area contributed by atoms with Crippen LogP contribution < -0.4 is 16.0 Å². The van der Waals surface area contributed by atoms with Gasteiger partial charge in [-0.05, 0) is 92.0 Å². The number of nitrogens with one attached hydrogen (secondary N) is 1. The van der Waals surface area contributed by atoms with Crippen molar-refractivity contribution in [3.63, 3.8) is 0 Å². The Balaban J connectivity index is 1.08. The molecule has 2 aliphatic carbocycles. The lowest BCUT2D eigenvalue weighted by atomic mass is 10.0. The Hall–Kier alpha value is -4.63. The summed E-state index contributed by atoms with van der Waals surface area (Å²) in [5, 5.41) is 9.16. The Morgan fingerprint density at radius 1 is 0.978 bits per heavy atom.